The zero-order chi connectivity index (χ0) is 12.4. The number of anilines is 1. The van der Waals surface area contributed by atoms with Crippen LogP contribution in [0.1, 0.15) is 11.1 Å². The molecule has 4 nitrogen and oxygen atoms in total. The second-order valence-corrected chi connectivity index (χ2v) is 3.97. The number of H-pyrrole nitrogens is 1. The van der Waals surface area contributed by atoms with Crippen LogP contribution in [0.3, 0.4) is 0 Å². The first kappa shape index (κ1) is 11.4. The van der Waals surface area contributed by atoms with Crippen LogP contribution in [-0.2, 0) is 6.54 Å². The number of benzene rings is 1. The fraction of sp³-hybridized carbons (Fsp3) is 0.154. The molecule has 1 heterocycles. The Morgan fingerprint density at radius 3 is 2.65 bits per heavy atom. The summed E-state index contributed by atoms with van der Waals surface area (Å²) >= 11 is 0. The Bertz CT molecular complexity index is 602. The molecule has 0 aliphatic heterocycles. The zero-order valence-electron chi connectivity index (χ0n) is 9.66. The smallest absolute Gasteiger partial charge is 0.253 e. The van der Waals surface area contributed by atoms with Crippen LogP contribution in [0.15, 0.2) is 35.1 Å². The van der Waals surface area contributed by atoms with Crippen LogP contribution < -0.4 is 17.0 Å². The second kappa shape index (κ2) is 4.43. The summed E-state index contributed by atoms with van der Waals surface area (Å²) in [4.78, 5) is 14.5. The van der Waals surface area contributed by atoms with Crippen LogP contribution in [0, 0.1) is 6.92 Å². The van der Waals surface area contributed by atoms with E-state index in [4.69, 9.17) is 11.5 Å². The largest absolute Gasteiger partial charge is 0.397 e. The van der Waals surface area contributed by atoms with Gasteiger partial charge < -0.3 is 16.5 Å². The quantitative estimate of drug-likeness (QED) is 0.727. The average molecular weight is 229 g/mol. The summed E-state index contributed by atoms with van der Waals surface area (Å²) in [7, 11) is 0. The van der Waals surface area contributed by atoms with Crippen LogP contribution in [0.5, 0.6) is 0 Å². The zero-order valence-corrected chi connectivity index (χ0v) is 9.66. The molecule has 4 heteroatoms. The van der Waals surface area contributed by atoms with Gasteiger partial charge in [-0.2, -0.15) is 0 Å². The number of aromatic nitrogens is 1. The predicted octanol–water partition coefficient (Wildman–Crippen LogP) is 1.39. The van der Waals surface area contributed by atoms with Gasteiger partial charge in [0.1, 0.15) is 0 Å². The van der Waals surface area contributed by atoms with Crippen LogP contribution in [0.4, 0.5) is 5.69 Å². The summed E-state index contributed by atoms with van der Waals surface area (Å²) in [6, 6.07) is 9.40. The van der Waals surface area contributed by atoms with E-state index in [0.29, 0.717) is 16.9 Å². The number of rotatable bonds is 2. The first-order valence-corrected chi connectivity index (χ1v) is 5.41. The number of hydrogen-bond acceptors (Lipinski definition) is 3. The summed E-state index contributed by atoms with van der Waals surface area (Å²) in [6.07, 6.45) is 0. The standard InChI is InChI=1S/C13H15N3O/c1-8-4-2-3-5-10(8)12-11(15)6-9(7-14)13(17)16-12/h2-6H,7,14-15H2,1H3,(H,16,17). The monoisotopic (exact) mass is 229 g/mol. The van der Waals surface area contributed by atoms with E-state index in [0.717, 1.165) is 11.1 Å². The summed E-state index contributed by atoms with van der Waals surface area (Å²) < 4.78 is 0. The van der Waals surface area contributed by atoms with Crippen LogP contribution >= 0.6 is 0 Å². The molecule has 17 heavy (non-hydrogen) atoms. The molecule has 0 aliphatic carbocycles. The SMILES string of the molecule is Cc1ccccc1-c1[nH]c(=O)c(CN)cc1N. The summed E-state index contributed by atoms with van der Waals surface area (Å²) in [5.74, 6) is 0. The predicted molar refractivity (Wildman–Crippen MR) is 69.5 cm³/mol. The van der Waals surface area contributed by atoms with Crippen molar-refractivity contribution in [2.75, 3.05) is 5.73 Å². The molecule has 0 unspecified atom stereocenters. The number of nitrogens with one attached hydrogen (secondary N) is 1. The van der Waals surface area contributed by atoms with Gasteiger partial charge in [-0.25, -0.2) is 0 Å². The molecule has 0 saturated heterocycles. The lowest BCUT2D eigenvalue weighted by atomic mass is 10.0. The van der Waals surface area contributed by atoms with E-state index in [9.17, 15) is 4.79 Å². The first-order valence-electron chi connectivity index (χ1n) is 5.41. The second-order valence-electron chi connectivity index (χ2n) is 3.97. The van der Waals surface area contributed by atoms with E-state index in [1.807, 2.05) is 31.2 Å². The van der Waals surface area contributed by atoms with Gasteiger partial charge >= 0.3 is 0 Å². The van der Waals surface area contributed by atoms with E-state index >= 15 is 0 Å². The molecule has 2 aromatic rings. The molecule has 0 radical (unpaired) electrons. The molecule has 88 valence electrons. The molecular weight excluding hydrogens is 214 g/mol. The summed E-state index contributed by atoms with van der Waals surface area (Å²) in [5.41, 5.74) is 14.9. The number of aryl methyl sites for hydroxylation is 1. The highest BCUT2D eigenvalue weighted by molar-refractivity contribution is 5.74. The van der Waals surface area contributed by atoms with Crippen molar-refractivity contribution in [2.45, 2.75) is 13.5 Å². The minimum Gasteiger partial charge on any atom is -0.397 e. The summed E-state index contributed by atoms with van der Waals surface area (Å²) in [5, 5.41) is 0. The minimum atomic E-state index is -0.181. The molecule has 0 atom stereocenters. The number of nitrogen functional groups attached to an aromatic ring is 1. The third-order valence-corrected chi connectivity index (χ3v) is 2.78. The van der Waals surface area contributed by atoms with Gasteiger partial charge in [0, 0.05) is 17.7 Å². The molecule has 1 aromatic carbocycles. The Labute approximate surface area is 99.3 Å². The van der Waals surface area contributed by atoms with Crippen molar-refractivity contribution < 1.29 is 0 Å². The highest BCUT2D eigenvalue weighted by atomic mass is 16.1. The highest BCUT2D eigenvalue weighted by Gasteiger charge is 2.08. The van der Waals surface area contributed by atoms with Gasteiger partial charge in [-0.1, -0.05) is 24.3 Å². The molecule has 5 N–H and O–H groups in total. The van der Waals surface area contributed by atoms with E-state index < -0.39 is 0 Å². The molecule has 1 aromatic heterocycles. The Morgan fingerprint density at radius 1 is 1.29 bits per heavy atom. The Morgan fingerprint density at radius 2 is 2.00 bits per heavy atom. The van der Waals surface area contributed by atoms with Crippen molar-refractivity contribution in [2.24, 2.45) is 5.73 Å². The lowest BCUT2D eigenvalue weighted by Crippen LogP contribution is -2.17. The van der Waals surface area contributed by atoms with E-state index in [-0.39, 0.29) is 12.1 Å². The fourth-order valence-electron chi connectivity index (χ4n) is 1.82. The number of nitrogens with two attached hydrogens (primary N) is 2. The van der Waals surface area contributed by atoms with E-state index in [2.05, 4.69) is 4.98 Å². The van der Waals surface area contributed by atoms with Crippen molar-refractivity contribution in [1.29, 1.82) is 0 Å². The van der Waals surface area contributed by atoms with Crippen LogP contribution in [0.2, 0.25) is 0 Å². The Balaban J connectivity index is 2.65. The van der Waals surface area contributed by atoms with Gasteiger partial charge in [0.25, 0.3) is 5.56 Å². The molecular formula is C13H15N3O. The fourth-order valence-corrected chi connectivity index (χ4v) is 1.82. The molecule has 2 rings (SSSR count). The molecule has 0 saturated carbocycles. The van der Waals surface area contributed by atoms with Gasteiger partial charge in [-0.05, 0) is 18.6 Å². The van der Waals surface area contributed by atoms with Gasteiger partial charge in [-0.3, -0.25) is 4.79 Å². The van der Waals surface area contributed by atoms with Crippen molar-refractivity contribution in [3.63, 3.8) is 0 Å². The van der Waals surface area contributed by atoms with Crippen LogP contribution in [-0.4, -0.2) is 4.98 Å². The van der Waals surface area contributed by atoms with Gasteiger partial charge in [0.15, 0.2) is 0 Å². The Hall–Kier alpha value is -2.07. The third-order valence-electron chi connectivity index (χ3n) is 2.78. The maximum absolute atomic E-state index is 11.7. The molecule has 0 fully saturated rings. The van der Waals surface area contributed by atoms with Crippen molar-refractivity contribution >= 4 is 5.69 Å². The molecule has 0 amide bonds. The van der Waals surface area contributed by atoms with Crippen molar-refractivity contribution in [1.82, 2.24) is 4.98 Å². The first-order chi connectivity index (χ1) is 8.13. The van der Waals surface area contributed by atoms with Gasteiger partial charge in [-0.15, -0.1) is 0 Å². The van der Waals surface area contributed by atoms with Gasteiger partial charge in [0.2, 0.25) is 0 Å². The van der Waals surface area contributed by atoms with E-state index in [1.165, 1.54) is 0 Å². The number of hydrogen-bond donors (Lipinski definition) is 3. The Kier molecular flexibility index (Phi) is 2.97. The summed E-state index contributed by atoms with van der Waals surface area (Å²) in [6.45, 7) is 2.16. The van der Waals surface area contributed by atoms with Crippen molar-refractivity contribution in [3.05, 3.63) is 51.8 Å². The highest BCUT2D eigenvalue weighted by Crippen LogP contribution is 2.25. The number of pyridine rings is 1. The number of aromatic amines is 1. The molecule has 0 bridgehead atoms. The van der Waals surface area contributed by atoms with Gasteiger partial charge in [0.05, 0.1) is 11.4 Å². The van der Waals surface area contributed by atoms with Crippen molar-refractivity contribution in [3.8, 4) is 11.3 Å². The van der Waals surface area contributed by atoms with Crippen LogP contribution in [0.25, 0.3) is 11.3 Å². The maximum atomic E-state index is 11.7. The minimum absolute atomic E-state index is 0.181. The molecule has 0 spiro atoms. The maximum Gasteiger partial charge on any atom is 0.253 e. The lowest BCUT2D eigenvalue weighted by molar-refractivity contribution is 1.02. The topological polar surface area (TPSA) is 84.9 Å². The average Bonchev–Trinajstić information content (AvgIpc) is 2.32. The lowest BCUT2D eigenvalue weighted by Gasteiger charge is -2.09. The molecule has 0 aliphatic rings. The van der Waals surface area contributed by atoms with E-state index in [1.54, 1.807) is 6.07 Å². The third kappa shape index (κ3) is 2.07. The normalized spacial score (nSPS) is 10.5.